The summed E-state index contributed by atoms with van der Waals surface area (Å²) in [5.74, 6) is -0.407. The highest BCUT2D eigenvalue weighted by atomic mass is 32.2. The number of pyridine rings is 1. The summed E-state index contributed by atoms with van der Waals surface area (Å²) in [5, 5.41) is 0. The highest BCUT2D eigenvalue weighted by Crippen LogP contribution is 2.38. The molecule has 1 aromatic carbocycles. The first-order valence-corrected chi connectivity index (χ1v) is 13.1. The number of H-pyrrole nitrogens is 1. The molecule has 10 heteroatoms. The highest BCUT2D eigenvalue weighted by molar-refractivity contribution is 7.89. The lowest BCUT2D eigenvalue weighted by molar-refractivity contribution is -0.135. The summed E-state index contributed by atoms with van der Waals surface area (Å²) >= 11 is 0.969. The fourth-order valence-electron chi connectivity index (χ4n) is 4.93. The molecule has 3 atom stereocenters. The molecule has 1 unspecified atom stereocenters. The first kappa shape index (κ1) is 22.0. The number of hydrogen-bond acceptors (Lipinski definition) is 6. The Morgan fingerprint density at radius 2 is 2.06 bits per heavy atom. The number of nitrogens with zero attached hydrogens (tertiary/aromatic N) is 3. The van der Waals surface area contributed by atoms with Crippen molar-refractivity contribution in [3.63, 3.8) is 0 Å². The van der Waals surface area contributed by atoms with Crippen LogP contribution in [0.25, 0.3) is 10.2 Å². The lowest BCUT2D eigenvalue weighted by Crippen LogP contribution is -2.54. The lowest BCUT2D eigenvalue weighted by Gasteiger charge is -2.40. The van der Waals surface area contributed by atoms with Gasteiger partial charge in [-0.3, -0.25) is 14.6 Å². The zero-order valence-corrected chi connectivity index (χ0v) is 19.5. The van der Waals surface area contributed by atoms with Crippen LogP contribution in [0.4, 0.5) is 0 Å². The van der Waals surface area contributed by atoms with E-state index in [9.17, 15) is 18.0 Å². The van der Waals surface area contributed by atoms with Crippen LogP contribution in [0.2, 0.25) is 0 Å². The van der Waals surface area contributed by atoms with Crippen molar-refractivity contribution in [2.45, 2.75) is 42.8 Å². The molecule has 1 N–H and O–H groups in total. The van der Waals surface area contributed by atoms with Crippen molar-refractivity contribution >= 4 is 37.5 Å². The first-order chi connectivity index (χ1) is 15.9. The van der Waals surface area contributed by atoms with Crippen molar-refractivity contribution in [3.8, 4) is 0 Å². The molecule has 3 aromatic rings. The summed E-state index contributed by atoms with van der Waals surface area (Å²) in [6, 6.07) is 9.04. The third-order valence-electron chi connectivity index (χ3n) is 6.48. The van der Waals surface area contributed by atoms with E-state index in [0.717, 1.165) is 23.5 Å². The van der Waals surface area contributed by atoms with Gasteiger partial charge < -0.3 is 9.88 Å². The van der Waals surface area contributed by atoms with Crippen molar-refractivity contribution in [1.29, 1.82) is 0 Å². The van der Waals surface area contributed by atoms with Crippen LogP contribution in [-0.4, -0.2) is 52.1 Å². The molecule has 1 amide bonds. The molecule has 2 saturated heterocycles. The summed E-state index contributed by atoms with van der Waals surface area (Å²) in [6.07, 6.45) is 5.35. The van der Waals surface area contributed by atoms with E-state index in [0.29, 0.717) is 36.1 Å². The minimum Gasteiger partial charge on any atom is -0.335 e. The van der Waals surface area contributed by atoms with Crippen LogP contribution in [-0.2, 0) is 21.4 Å². The van der Waals surface area contributed by atoms with E-state index in [4.69, 9.17) is 0 Å². The van der Waals surface area contributed by atoms with E-state index in [1.54, 1.807) is 23.2 Å². The summed E-state index contributed by atoms with van der Waals surface area (Å²) < 4.78 is 29.8. The molecule has 2 fully saturated rings. The average molecular weight is 485 g/mol. The predicted molar refractivity (Wildman–Crippen MR) is 126 cm³/mol. The normalized spacial score (nSPS) is 24.1. The number of rotatable bonds is 5. The zero-order chi connectivity index (χ0) is 23.2. The summed E-state index contributed by atoms with van der Waals surface area (Å²) in [7, 11) is -3.99. The van der Waals surface area contributed by atoms with E-state index in [-0.39, 0.29) is 27.6 Å². The van der Waals surface area contributed by atoms with Crippen LogP contribution in [0.1, 0.15) is 25.0 Å². The van der Waals surface area contributed by atoms with E-state index in [2.05, 4.69) is 16.5 Å². The van der Waals surface area contributed by atoms with Gasteiger partial charge in [-0.2, -0.15) is 4.31 Å². The molecule has 2 aliphatic rings. The number of thiazole rings is 1. The highest BCUT2D eigenvalue weighted by Gasteiger charge is 2.49. The van der Waals surface area contributed by atoms with E-state index in [1.807, 2.05) is 18.2 Å². The van der Waals surface area contributed by atoms with Gasteiger partial charge in [0.15, 0.2) is 0 Å². The van der Waals surface area contributed by atoms with Gasteiger partial charge in [-0.25, -0.2) is 8.42 Å². The van der Waals surface area contributed by atoms with E-state index in [1.165, 1.54) is 16.4 Å². The quantitative estimate of drug-likeness (QED) is 0.561. The molecule has 2 bridgehead atoms. The molecule has 5 rings (SSSR count). The van der Waals surface area contributed by atoms with Gasteiger partial charge in [0.05, 0.1) is 27.4 Å². The van der Waals surface area contributed by atoms with Crippen LogP contribution in [0.5, 0.6) is 0 Å². The SMILES string of the molecule is C=C[C@@H]1CN(Cc2ccccn2)C(=O)C2CCC[C@H]1N2S(=O)(=O)c1ccc2[nH]c(=O)sc2c1. The molecule has 0 spiro atoms. The monoisotopic (exact) mass is 484 g/mol. The molecular weight excluding hydrogens is 460 g/mol. The van der Waals surface area contributed by atoms with Crippen LogP contribution in [0, 0.1) is 5.92 Å². The molecular formula is C23H24N4O4S2. The first-order valence-electron chi connectivity index (χ1n) is 10.9. The third-order valence-corrected chi connectivity index (χ3v) is 9.26. The second-order valence-electron chi connectivity index (χ2n) is 8.46. The Labute approximate surface area is 195 Å². The third kappa shape index (κ3) is 3.92. The molecule has 172 valence electrons. The molecule has 0 radical (unpaired) electrons. The molecule has 4 heterocycles. The summed E-state index contributed by atoms with van der Waals surface area (Å²) in [6.45, 7) is 4.68. The molecule has 0 saturated carbocycles. The maximum atomic E-state index is 13.9. The largest absolute Gasteiger partial charge is 0.335 e. The van der Waals surface area contributed by atoms with E-state index >= 15 is 0 Å². The molecule has 2 aliphatic heterocycles. The smallest absolute Gasteiger partial charge is 0.305 e. The average Bonchev–Trinajstić information content (AvgIpc) is 3.18. The van der Waals surface area contributed by atoms with Gasteiger partial charge >= 0.3 is 4.87 Å². The van der Waals surface area contributed by atoms with Crippen LogP contribution >= 0.6 is 11.3 Å². The van der Waals surface area contributed by atoms with Crippen LogP contribution < -0.4 is 4.87 Å². The number of carbonyl (C=O) groups excluding carboxylic acids is 1. The van der Waals surface area contributed by atoms with Gasteiger partial charge in [0.1, 0.15) is 6.04 Å². The number of aromatic nitrogens is 2. The molecule has 8 nitrogen and oxygen atoms in total. The number of fused-ring (bicyclic) bond motifs is 3. The number of aromatic amines is 1. The molecule has 33 heavy (non-hydrogen) atoms. The number of nitrogens with one attached hydrogen (secondary N) is 1. The van der Waals surface area contributed by atoms with Crippen molar-refractivity contribution in [3.05, 3.63) is 70.6 Å². The van der Waals surface area contributed by atoms with Crippen molar-refractivity contribution in [1.82, 2.24) is 19.2 Å². The fraction of sp³-hybridized carbons (Fsp3) is 0.348. The Bertz CT molecular complexity index is 1370. The van der Waals surface area contributed by atoms with Gasteiger partial charge in [-0.15, -0.1) is 6.58 Å². The molecule has 0 aliphatic carbocycles. The Morgan fingerprint density at radius 1 is 1.21 bits per heavy atom. The number of hydrogen-bond donors (Lipinski definition) is 1. The van der Waals surface area contributed by atoms with Crippen molar-refractivity contribution in [2.24, 2.45) is 5.92 Å². The van der Waals surface area contributed by atoms with Gasteiger partial charge in [-0.1, -0.05) is 23.5 Å². The summed E-state index contributed by atoms with van der Waals surface area (Å²) in [5.41, 5.74) is 1.36. The predicted octanol–water partition coefficient (Wildman–Crippen LogP) is 2.74. The van der Waals surface area contributed by atoms with Crippen molar-refractivity contribution in [2.75, 3.05) is 6.54 Å². The maximum Gasteiger partial charge on any atom is 0.305 e. The fourth-order valence-corrected chi connectivity index (χ4v) is 7.68. The Kier molecular flexibility index (Phi) is 5.67. The molecule has 2 aromatic heterocycles. The van der Waals surface area contributed by atoms with Gasteiger partial charge in [0.25, 0.3) is 0 Å². The summed E-state index contributed by atoms with van der Waals surface area (Å²) in [4.78, 5) is 34.0. The standard InChI is InChI=1S/C23H24N4O4S2/c1-2-15-13-26(14-16-6-3-4-11-24-16)22(28)20-8-5-7-19(15)27(20)33(30,31)17-9-10-18-21(12-17)32-23(29)25-18/h2-4,6,9-12,15,19-20H,1,5,7-8,13-14H2,(H,25,29)/t15-,19-,20?/m1/s1. The Balaban J connectivity index is 1.56. The minimum absolute atomic E-state index is 0.0935. The van der Waals surface area contributed by atoms with Gasteiger partial charge in [0, 0.05) is 24.7 Å². The Hall–Kier alpha value is -2.82. The second-order valence-corrected chi connectivity index (χ2v) is 11.3. The topological polar surface area (TPSA) is 103 Å². The maximum absolute atomic E-state index is 13.9. The second kappa shape index (κ2) is 8.51. The lowest BCUT2D eigenvalue weighted by atomic mass is 9.90. The van der Waals surface area contributed by atoms with Crippen LogP contribution in [0.3, 0.4) is 0 Å². The van der Waals surface area contributed by atoms with Crippen molar-refractivity contribution < 1.29 is 13.2 Å². The minimum atomic E-state index is -3.99. The number of carbonyl (C=O) groups is 1. The van der Waals surface area contributed by atoms with Gasteiger partial charge in [0.2, 0.25) is 15.9 Å². The zero-order valence-electron chi connectivity index (χ0n) is 17.9. The number of amides is 1. The van der Waals surface area contributed by atoms with Gasteiger partial charge in [-0.05, 0) is 49.6 Å². The Morgan fingerprint density at radius 3 is 2.82 bits per heavy atom. The number of piperidine rings is 1. The number of benzene rings is 1. The number of sulfonamides is 1. The van der Waals surface area contributed by atoms with E-state index < -0.39 is 16.1 Å². The van der Waals surface area contributed by atoms with Crippen LogP contribution in [0.15, 0.2) is 64.9 Å².